The average molecular weight is 483 g/mol. The smallest absolute Gasteiger partial charge is 0.226 e. The monoisotopic (exact) mass is 483 g/mol. The number of amides is 3. The number of hydrogen-bond acceptors (Lipinski definition) is 3. The SMILES string of the molecule is O=C(CC1CC(=O)NC(=O)C1)NC[C@H]1C[C@@H](c2c(-c3ccc(F)cc3)[nH]c3c(F)cc(F)cc32)C1. The zero-order chi connectivity index (χ0) is 24.7. The number of H-pyrrole nitrogens is 1. The van der Waals surface area contributed by atoms with Gasteiger partial charge < -0.3 is 10.3 Å². The van der Waals surface area contributed by atoms with E-state index in [0.717, 1.165) is 11.6 Å². The molecular formula is C26H24F3N3O3. The van der Waals surface area contributed by atoms with Gasteiger partial charge in [0.15, 0.2) is 0 Å². The summed E-state index contributed by atoms with van der Waals surface area (Å²) in [7, 11) is 0. The van der Waals surface area contributed by atoms with Gasteiger partial charge in [-0.05, 0) is 72.1 Å². The summed E-state index contributed by atoms with van der Waals surface area (Å²) in [5, 5.41) is 5.58. The van der Waals surface area contributed by atoms with Gasteiger partial charge in [-0.2, -0.15) is 0 Å². The first-order valence-corrected chi connectivity index (χ1v) is 11.6. The third kappa shape index (κ3) is 4.80. The molecule has 0 spiro atoms. The average Bonchev–Trinajstić information content (AvgIpc) is 3.12. The van der Waals surface area contributed by atoms with E-state index in [1.165, 1.54) is 18.2 Å². The highest BCUT2D eigenvalue weighted by atomic mass is 19.1. The van der Waals surface area contributed by atoms with E-state index in [1.54, 1.807) is 12.1 Å². The molecule has 35 heavy (non-hydrogen) atoms. The van der Waals surface area contributed by atoms with Crippen LogP contribution in [0.3, 0.4) is 0 Å². The summed E-state index contributed by atoms with van der Waals surface area (Å²) in [6, 6.07) is 8.00. The Labute approximate surface area is 199 Å². The molecule has 2 aliphatic rings. The molecule has 2 fully saturated rings. The molecule has 1 aromatic heterocycles. The highest BCUT2D eigenvalue weighted by Crippen LogP contribution is 2.48. The van der Waals surface area contributed by atoms with Crippen molar-refractivity contribution in [2.24, 2.45) is 11.8 Å². The first-order chi connectivity index (χ1) is 16.8. The number of carbonyl (C=O) groups is 3. The number of aromatic amines is 1. The molecule has 5 rings (SSSR count). The Bertz CT molecular complexity index is 1300. The maximum atomic E-state index is 14.5. The van der Waals surface area contributed by atoms with Crippen LogP contribution >= 0.6 is 0 Å². The normalized spacial score (nSPS) is 20.5. The van der Waals surface area contributed by atoms with Gasteiger partial charge in [-0.3, -0.25) is 19.7 Å². The van der Waals surface area contributed by atoms with E-state index in [2.05, 4.69) is 15.6 Å². The van der Waals surface area contributed by atoms with Crippen LogP contribution < -0.4 is 10.6 Å². The van der Waals surface area contributed by atoms with Crippen molar-refractivity contribution in [3.63, 3.8) is 0 Å². The summed E-state index contributed by atoms with van der Waals surface area (Å²) in [6.07, 6.45) is 1.85. The Hall–Kier alpha value is -3.62. The van der Waals surface area contributed by atoms with E-state index in [0.29, 0.717) is 36.0 Å². The van der Waals surface area contributed by atoms with Crippen molar-refractivity contribution >= 4 is 28.6 Å². The van der Waals surface area contributed by atoms with E-state index < -0.39 is 11.6 Å². The summed E-state index contributed by atoms with van der Waals surface area (Å²) >= 11 is 0. The molecule has 0 bridgehead atoms. The molecule has 2 heterocycles. The Morgan fingerprint density at radius 3 is 2.31 bits per heavy atom. The molecule has 3 amide bonds. The molecule has 2 aromatic carbocycles. The van der Waals surface area contributed by atoms with Crippen molar-refractivity contribution in [3.05, 3.63) is 59.4 Å². The number of halogens is 3. The number of piperidine rings is 1. The van der Waals surface area contributed by atoms with Crippen LogP contribution in [0.4, 0.5) is 13.2 Å². The van der Waals surface area contributed by atoms with Crippen molar-refractivity contribution < 1.29 is 27.6 Å². The largest absolute Gasteiger partial charge is 0.356 e. The quantitative estimate of drug-likeness (QED) is 0.457. The number of aromatic nitrogens is 1. The maximum absolute atomic E-state index is 14.5. The Kier molecular flexibility index (Phi) is 6.08. The maximum Gasteiger partial charge on any atom is 0.226 e. The molecule has 6 nitrogen and oxygen atoms in total. The van der Waals surface area contributed by atoms with Gasteiger partial charge in [0.1, 0.15) is 17.5 Å². The van der Waals surface area contributed by atoms with E-state index >= 15 is 0 Å². The Balaban J connectivity index is 1.27. The van der Waals surface area contributed by atoms with Crippen LogP contribution in [0.15, 0.2) is 36.4 Å². The summed E-state index contributed by atoms with van der Waals surface area (Å²) in [5.41, 5.74) is 2.32. The lowest BCUT2D eigenvalue weighted by atomic mass is 9.70. The lowest BCUT2D eigenvalue weighted by Crippen LogP contribution is -2.41. The molecule has 0 unspecified atom stereocenters. The molecule has 1 aliphatic carbocycles. The van der Waals surface area contributed by atoms with Crippen molar-refractivity contribution in [3.8, 4) is 11.3 Å². The van der Waals surface area contributed by atoms with Gasteiger partial charge in [-0.15, -0.1) is 0 Å². The second kappa shape index (κ2) is 9.20. The topological polar surface area (TPSA) is 91.1 Å². The summed E-state index contributed by atoms with van der Waals surface area (Å²) in [4.78, 5) is 38.4. The summed E-state index contributed by atoms with van der Waals surface area (Å²) < 4.78 is 42.0. The molecule has 1 saturated heterocycles. The van der Waals surface area contributed by atoms with Crippen molar-refractivity contribution in [2.45, 2.75) is 38.0 Å². The van der Waals surface area contributed by atoms with Crippen LogP contribution in [0, 0.1) is 29.3 Å². The van der Waals surface area contributed by atoms with E-state index in [9.17, 15) is 27.6 Å². The van der Waals surface area contributed by atoms with Crippen LogP contribution in [0.1, 0.15) is 43.6 Å². The fourth-order valence-electron chi connectivity index (χ4n) is 5.24. The third-order valence-corrected chi connectivity index (χ3v) is 6.93. The molecule has 0 radical (unpaired) electrons. The number of nitrogens with one attached hydrogen (secondary N) is 3. The summed E-state index contributed by atoms with van der Waals surface area (Å²) in [6.45, 7) is 0.444. The molecule has 3 N–H and O–H groups in total. The molecular weight excluding hydrogens is 459 g/mol. The summed E-state index contributed by atoms with van der Waals surface area (Å²) in [5.74, 6) is -2.75. The lowest BCUT2D eigenvalue weighted by molar-refractivity contribution is -0.135. The van der Waals surface area contributed by atoms with Gasteiger partial charge in [0.05, 0.1) is 11.2 Å². The fraction of sp³-hybridized carbons (Fsp3) is 0.346. The first kappa shape index (κ1) is 23.1. The molecule has 1 aliphatic heterocycles. The minimum Gasteiger partial charge on any atom is -0.356 e. The zero-order valence-electron chi connectivity index (χ0n) is 18.8. The highest BCUT2D eigenvalue weighted by Gasteiger charge is 2.35. The van der Waals surface area contributed by atoms with Crippen LogP contribution in [0.5, 0.6) is 0 Å². The number of carbonyl (C=O) groups excluding carboxylic acids is 3. The standard InChI is InChI=1S/C26H24F3N3O3/c27-17-3-1-15(2-4-17)25-24(19-10-18(28)11-20(29)26(19)32-25)16-5-14(6-16)12-30-21(33)7-13-8-22(34)31-23(35)9-13/h1-4,10-11,13-14,16,32H,5-9,12H2,(H,30,33)(H,31,34,35)/t14-,16+. The van der Waals surface area contributed by atoms with Crippen LogP contribution in [-0.2, 0) is 14.4 Å². The highest BCUT2D eigenvalue weighted by molar-refractivity contribution is 5.98. The Morgan fingerprint density at radius 2 is 1.63 bits per heavy atom. The van der Waals surface area contributed by atoms with Crippen molar-refractivity contribution in [1.82, 2.24) is 15.6 Å². The van der Waals surface area contributed by atoms with Crippen molar-refractivity contribution in [2.75, 3.05) is 6.54 Å². The van der Waals surface area contributed by atoms with Gasteiger partial charge in [0.25, 0.3) is 0 Å². The zero-order valence-corrected chi connectivity index (χ0v) is 18.8. The van der Waals surface area contributed by atoms with Crippen molar-refractivity contribution in [1.29, 1.82) is 0 Å². The van der Waals surface area contributed by atoms with Crippen LogP contribution in [0.25, 0.3) is 22.2 Å². The number of imide groups is 1. The van der Waals surface area contributed by atoms with Gasteiger partial charge in [0, 0.05) is 37.3 Å². The lowest BCUT2D eigenvalue weighted by Gasteiger charge is -2.36. The second-order valence-corrected chi connectivity index (χ2v) is 9.52. The van der Waals surface area contributed by atoms with Crippen LogP contribution in [0.2, 0.25) is 0 Å². The number of hydrogen-bond donors (Lipinski definition) is 3. The molecule has 0 atom stereocenters. The minimum atomic E-state index is -0.687. The van der Waals surface area contributed by atoms with Gasteiger partial charge in [0.2, 0.25) is 17.7 Å². The number of rotatable bonds is 6. The van der Waals surface area contributed by atoms with Gasteiger partial charge in [-0.25, -0.2) is 13.2 Å². The fourth-order valence-corrected chi connectivity index (χ4v) is 5.24. The second-order valence-electron chi connectivity index (χ2n) is 9.52. The van der Waals surface area contributed by atoms with Crippen LogP contribution in [-0.4, -0.2) is 29.3 Å². The first-order valence-electron chi connectivity index (χ1n) is 11.6. The van der Waals surface area contributed by atoms with E-state index in [-0.39, 0.29) is 66.1 Å². The van der Waals surface area contributed by atoms with E-state index in [1.807, 2.05) is 0 Å². The molecule has 1 saturated carbocycles. The third-order valence-electron chi connectivity index (χ3n) is 6.93. The number of fused-ring (bicyclic) bond motifs is 1. The molecule has 182 valence electrons. The predicted octanol–water partition coefficient (Wildman–Crippen LogP) is 4.30. The van der Waals surface area contributed by atoms with Gasteiger partial charge >= 0.3 is 0 Å². The van der Waals surface area contributed by atoms with Gasteiger partial charge in [-0.1, -0.05) is 0 Å². The minimum absolute atomic E-state index is 0.0200. The molecule has 9 heteroatoms. The molecule has 3 aromatic rings. The van der Waals surface area contributed by atoms with E-state index in [4.69, 9.17) is 0 Å². The number of benzene rings is 2. The predicted molar refractivity (Wildman–Crippen MR) is 123 cm³/mol. The Morgan fingerprint density at radius 1 is 0.943 bits per heavy atom.